The van der Waals surface area contributed by atoms with E-state index in [1.54, 1.807) is 7.11 Å². The number of fused-ring (bicyclic) bond motifs is 1. The van der Waals surface area contributed by atoms with Gasteiger partial charge in [0.1, 0.15) is 11.6 Å². The average Bonchev–Trinajstić information content (AvgIpc) is 3.23. The molecule has 1 atom stereocenters. The van der Waals surface area contributed by atoms with Gasteiger partial charge >= 0.3 is 0 Å². The number of nitrogens with zero attached hydrogens (tertiary/aromatic N) is 2. The highest BCUT2D eigenvalue weighted by atomic mass is 35.5. The van der Waals surface area contributed by atoms with E-state index in [1.165, 1.54) is 19.3 Å². The maximum atomic E-state index is 6.12. The van der Waals surface area contributed by atoms with Gasteiger partial charge in [-0.05, 0) is 30.9 Å². The van der Waals surface area contributed by atoms with Crippen molar-refractivity contribution < 1.29 is 4.74 Å². The summed E-state index contributed by atoms with van der Waals surface area (Å²) in [6.45, 7) is 2.25. The number of benzene rings is 1. The molecule has 1 aliphatic rings. The van der Waals surface area contributed by atoms with Crippen molar-refractivity contribution in [2.45, 2.75) is 44.5 Å². The van der Waals surface area contributed by atoms with E-state index in [0.717, 1.165) is 34.9 Å². The quantitative estimate of drug-likeness (QED) is 0.731. The summed E-state index contributed by atoms with van der Waals surface area (Å²) in [4.78, 5) is 4.68. The number of hydrogen-bond donors (Lipinski definition) is 0. The highest BCUT2D eigenvalue weighted by Gasteiger charge is 2.27. The number of halogens is 1. The normalized spacial score (nSPS) is 16.6. The van der Waals surface area contributed by atoms with E-state index in [4.69, 9.17) is 16.3 Å². The van der Waals surface area contributed by atoms with Crippen LogP contribution in [0.1, 0.15) is 44.5 Å². The molecule has 1 heterocycles. The molecule has 1 aromatic heterocycles. The Hall–Kier alpha value is -1.22. The molecule has 108 valence electrons. The summed E-state index contributed by atoms with van der Waals surface area (Å²) in [5, 5.41) is 0. The van der Waals surface area contributed by atoms with Crippen molar-refractivity contribution in [3.8, 4) is 5.75 Å². The Kier molecular flexibility index (Phi) is 3.88. The van der Waals surface area contributed by atoms with Crippen molar-refractivity contribution in [3.05, 3.63) is 24.0 Å². The van der Waals surface area contributed by atoms with E-state index in [0.29, 0.717) is 11.9 Å². The molecule has 1 aromatic carbocycles. The smallest absolute Gasteiger partial charge is 0.125 e. The van der Waals surface area contributed by atoms with Crippen molar-refractivity contribution in [2.75, 3.05) is 7.11 Å². The van der Waals surface area contributed by atoms with E-state index >= 15 is 0 Å². The summed E-state index contributed by atoms with van der Waals surface area (Å²) in [5.74, 6) is 3.20. The zero-order valence-corrected chi connectivity index (χ0v) is 12.9. The van der Waals surface area contributed by atoms with Gasteiger partial charge < -0.3 is 9.30 Å². The second-order valence-electron chi connectivity index (χ2n) is 5.63. The molecule has 1 unspecified atom stereocenters. The molecule has 1 saturated carbocycles. The maximum Gasteiger partial charge on any atom is 0.125 e. The van der Waals surface area contributed by atoms with Gasteiger partial charge in [-0.2, -0.15) is 0 Å². The summed E-state index contributed by atoms with van der Waals surface area (Å²) in [7, 11) is 1.70. The number of alkyl halides is 1. The molecule has 0 amide bonds. The molecule has 2 aromatic rings. The topological polar surface area (TPSA) is 27.1 Å². The number of rotatable bonds is 6. The lowest BCUT2D eigenvalue weighted by atomic mass is 10.1. The minimum atomic E-state index is 0.457. The first-order chi connectivity index (χ1) is 9.76. The fourth-order valence-corrected chi connectivity index (χ4v) is 3.13. The number of ether oxygens (including phenoxy) is 1. The molecule has 4 heteroatoms. The lowest BCUT2D eigenvalue weighted by molar-refractivity contribution is 0.413. The highest BCUT2D eigenvalue weighted by molar-refractivity contribution is 6.16. The largest absolute Gasteiger partial charge is 0.497 e. The molecule has 1 fully saturated rings. The minimum absolute atomic E-state index is 0.457. The van der Waals surface area contributed by atoms with Crippen LogP contribution in [-0.2, 0) is 5.88 Å². The van der Waals surface area contributed by atoms with Gasteiger partial charge in [-0.15, -0.1) is 11.6 Å². The summed E-state index contributed by atoms with van der Waals surface area (Å²) in [6.07, 6.45) is 5.11. The second kappa shape index (κ2) is 5.65. The van der Waals surface area contributed by atoms with Gasteiger partial charge in [-0.3, -0.25) is 0 Å². The second-order valence-corrected chi connectivity index (χ2v) is 5.89. The Labute approximate surface area is 124 Å². The molecular weight excluding hydrogens is 272 g/mol. The third kappa shape index (κ3) is 2.51. The van der Waals surface area contributed by atoms with E-state index in [-0.39, 0.29) is 0 Å². The monoisotopic (exact) mass is 292 g/mol. The average molecular weight is 293 g/mol. The third-order valence-corrected chi connectivity index (χ3v) is 4.47. The van der Waals surface area contributed by atoms with Crippen LogP contribution in [0.25, 0.3) is 11.0 Å². The van der Waals surface area contributed by atoms with E-state index < -0.39 is 0 Å². The van der Waals surface area contributed by atoms with Crippen molar-refractivity contribution >= 4 is 22.6 Å². The number of imidazole rings is 1. The standard InChI is InChI=1S/C16H21ClN2O/c1-3-12(8-11-4-5-11)19-15-9-13(20-2)6-7-14(15)18-16(19)10-17/h6-7,9,11-12H,3-5,8,10H2,1-2H3. The minimum Gasteiger partial charge on any atom is -0.497 e. The predicted molar refractivity (Wildman–Crippen MR) is 82.5 cm³/mol. The number of methoxy groups -OCH3 is 1. The fraction of sp³-hybridized carbons (Fsp3) is 0.562. The molecule has 0 aliphatic heterocycles. The molecule has 0 spiro atoms. The highest BCUT2D eigenvalue weighted by Crippen LogP contribution is 2.39. The van der Waals surface area contributed by atoms with Gasteiger partial charge in [0.25, 0.3) is 0 Å². The van der Waals surface area contributed by atoms with Gasteiger partial charge in [0.15, 0.2) is 0 Å². The van der Waals surface area contributed by atoms with Crippen molar-refractivity contribution in [2.24, 2.45) is 5.92 Å². The van der Waals surface area contributed by atoms with Crippen LogP contribution >= 0.6 is 11.6 Å². The third-order valence-electron chi connectivity index (χ3n) is 4.23. The Balaban J connectivity index is 2.08. The Morgan fingerprint density at radius 3 is 2.85 bits per heavy atom. The molecule has 20 heavy (non-hydrogen) atoms. The summed E-state index contributed by atoms with van der Waals surface area (Å²) in [6, 6.07) is 6.55. The zero-order chi connectivity index (χ0) is 14.1. The van der Waals surface area contributed by atoms with E-state index in [1.807, 2.05) is 12.1 Å². The Bertz CT molecular complexity index is 604. The molecule has 3 rings (SSSR count). The SMILES string of the molecule is CCC(CC1CC1)n1c(CCl)nc2ccc(OC)cc21. The van der Waals surface area contributed by atoms with Crippen molar-refractivity contribution in [1.29, 1.82) is 0 Å². The Morgan fingerprint density at radius 2 is 2.25 bits per heavy atom. The first-order valence-electron chi connectivity index (χ1n) is 7.37. The lowest BCUT2D eigenvalue weighted by Crippen LogP contribution is -2.12. The lowest BCUT2D eigenvalue weighted by Gasteiger charge is -2.20. The fourth-order valence-electron chi connectivity index (χ4n) is 2.94. The zero-order valence-electron chi connectivity index (χ0n) is 12.1. The van der Waals surface area contributed by atoms with Crippen LogP contribution < -0.4 is 4.74 Å². The molecule has 0 radical (unpaired) electrons. The number of hydrogen-bond acceptors (Lipinski definition) is 2. The summed E-state index contributed by atoms with van der Waals surface area (Å²) >= 11 is 6.12. The van der Waals surface area contributed by atoms with Gasteiger partial charge in [-0.1, -0.05) is 19.8 Å². The van der Waals surface area contributed by atoms with Crippen LogP contribution in [-0.4, -0.2) is 16.7 Å². The molecule has 1 aliphatic carbocycles. The molecule has 0 saturated heterocycles. The van der Waals surface area contributed by atoms with E-state index in [2.05, 4.69) is 22.5 Å². The molecule has 3 nitrogen and oxygen atoms in total. The first-order valence-corrected chi connectivity index (χ1v) is 7.91. The van der Waals surface area contributed by atoms with Gasteiger partial charge in [0.05, 0.1) is 24.0 Å². The van der Waals surface area contributed by atoms with Crippen LogP contribution in [0.5, 0.6) is 5.75 Å². The first kappa shape index (κ1) is 13.7. The van der Waals surface area contributed by atoms with Gasteiger partial charge in [0.2, 0.25) is 0 Å². The molecule has 0 bridgehead atoms. The molecule has 0 N–H and O–H groups in total. The predicted octanol–water partition coefficient (Wildman–Crippen LogP) is 4.53. The van der Waals surface area contributed by atoms with Crippen LogP contribution in [0.4, 0.5) is 0 Å². The maximum absolute atomic E-state index is 6.12. The molecular formula is C16H21ClN2O. The van der Waals surface area contributed by atoms with Crippen LogP contribution in [0, 0.1) is 5.92 Å². The van der Waals surface area contributed by atoms with Crippen molar-refractivity contribution in [1.82, 2.24) is 9.55 Å². The van der Waals surface area contributed by atoms with Crippen molar-refractivity contribution in [3.63, 3.8) is 0 Å². The summed E-state index contributed by atoms with van der Waals surface area (Å²) in [5.41, 5.74) is 2.16. The van der Waals surface area contributed by atoms with Crippen LogP contribution in [0.3, 0.4) is 0 Å². The van der Waals surface area contributed by atoms with Crippen LogP contribution in [0.2, 0.25) is 0 Å². The summed E-state index contributed by atoms with van der Waals surface area (Å²) < 4.78 is 7.69. The van der Waals surface area contributed by atoms with Gasteiger partial charge in [0, 0.05) is 12.1 Å². The van der Waals surface area contributed by atoms with Gasteiger partial charge in [-0.25, -0.2) is 4.98 Å². The van der Waals surface area contributed by atoms with Crippen LogP contribution in [0.15, 0.2) is 18.2 Å². The Morgan fingerprint density at radius 1 is 1.45 bits per heavy atom. The van der Waals surface area contributed by atoms with E-state index in [9.17, 15) is 0 Å². The number of aromatic nitrogens is 2.